The van der Waals surface area contributed by atoms with Crippen molar-refractivity contribution in [3.05, 3.63) is 91.6 Å². The van der Waals surface area contributed by atoms with Gasteiger partial charge in [-0.25, -0.2) is 8.78 Å². The molecule has 0 aliphatic heterocycles. The maximum Gasteiger partial charge on any atom is 0.261 e. The van der Waals surface area contributed by atoms with E-state index in [1.807, 2.05) is 0 Å². The molecule has 8 heteroatoms. The number of carbonyl (C=O) groups excluding carboxylic acids is 1. The zero-order valence-electron chi connectivity index (χ0n) is 19.5. The number of aliphatic hydroxyl groups excluding tert-OH is 1. The van der Waals surface area contributed by atoms with Crippen LogP contribution >= 0.6 is 22.9 Å². The summed E-state index contributed by atoms with van der Waals surface area (Å²) in [6.45, 7) is 2.34. The molecule has 3 aromatic rings. The van der Waals surface area contributed by atoms with E-state index in [1.165, 1.54) is 28.8 Å². The normalized spacial score (nSPS) is 17.0. The summed E-state index contributed by atoms with van der Waals surface area (Å²) in [5.41, 5.74) is 4.19. The Balaban J connectivity index is 1.50. The van der Waals surface area contributed by atoms with Gasteiger partial charge in [0.25, 0.3) is 5.91 Å². The van der Waals surface area contributed by atoms with E-state index in [0.29, 0.717) is 14.8 Å². The van der Waals surface area contributed by atoms with Crippen molar-refractivity contribution in [3.63, 3.8) is 0 Å². The Labute approximate surface area is 213 Å². The third kappa shape index (κ3) is 6.67. The highest BCUT2D eigenvalue weighted by molar-refractivity contribution is 7.18. The van der Waals surface area contributed by atoms with Crippen molar-refractivity contribution in [2.24, 2.45) is 0 Å². The molecule has 0 radical (unpaired) electrons. The number of hydrogen-bond donors (Lipinski definition) is 3. The Morgan fingerprint density at radius 3 is 2.60 bits per heavy atom. The summed E-state index contributed by atoms with van der Waals surface area (Å²) >= 11 is 7.09. The van der Waals surface area contributed by atoms with Gasteiger partial charge in [-0.2, -0.15) is 0 Å². The van der Waals surface area contributed by atoms with Crippen molar-refractivity contribution < 1.29 is 18.7 Å². The van der Waals surface area contributed by atoms with E-state index < -0.39 is 29.7 Å². The van der Waals surface area contributed by atoms with Gasteiger partial charge in [0.2, 0.25) is 0 Å². The van der Waals surface area contributed by atoms with Crippen LogP contribution in [0.15, 0.2) is 48.5 Å². The molecular weight excluding hydrogens is 490 g/mol. The number of hydrogen-bond acceptors (Lipinski definition) is 4. The highest BCUT2D eigenvalue weighted by Crippen LogP contribution is 2.31. The predicted octanol–water partition coefficient (Wildman–Crippen LogP) is 5.61. The predicted molar refractivity (Wildman–Crippen MR) is 136 cm³/mol. The van der Waals surface area contributed by atoms with Crippen LogP contribution in [0.2, 0.25) is 4.34 Å². The van der Waals surface area contributed by atoms with Crippen LogP contribution in [0.25, 0.3) is 0 Å². The summed E-state index contributed by atoms with van der Waals surface area (Å²) in [6.07, 6.45) is 3.08. The molecular formula is C27H29ClF2N2O2S. The van der Waals surface area contributed by atoms with Crippen molar-refractivity contribution in [1.82, 2.24) is 10.6 Å². The standard InChI is InChI=1S/C27H29ClF2N2O2S/c1-2-16-6-7-18-4-3-5-22(21(18)12-16)31-15-24(33)23(13-17-10-19(29)14-20(30)11-17)32-27(34)25-8-9-26(28)35-25/h6-12,14,22-24,31,33H,2-5,13,15H2,1H3,(H,32,34)/t22-,23-,24-/m0/s1. The van der Waals surface area contributed by atoms with Gasteiger partial charge in [0, 0.05) is 18.7 Å². The summed E-state index contributed by atoms with van der Waals surface area (Å²) in [5, 5.41) is 17.4. The Morgan fingerprint density at radius 2 is 1.91 bits per heavy atom. The van der Waals surface area contributed by atoms with Gasteiger partial charge in [0.15, 0.2) is 0 Å². The topological polar surface area (TPSA) is 61.4 Å². The van der Waals surface area contributed by atoms with Crippen molar-refractivity contribution in [2.45, 2.75) is 57.2 Å². The Hall–Kier alpha value is -2.32. The molecule has 4 rings (SSSR count). The van der Waals surface area contributed by atoms with E-state index >= 15 is 0 Å². The molecule has 2 aromatic carbocycles. The summed E-state index contributed by atoms with van der Waals surface area (Å²) in [7, 11) is 0. The molecule has 3 atom stereocenters. The van der Waals surface area contributed by atoms with Gasteiger partial charge in [-0.3, -0.25) is 4.79 Å². The quantitative estimate of drug-likeness (QED) is 0.345. The van der Waals surface area contributed by atoms with Gasteiger partial charge in [-0.1, -0.05) is 36.7 Å². The lowest BCUT2D eigenvalue weighted by molar-refractivity contribution is 0.0826. The maximum atomic E-state index is 13.8. The smallest absolute Gasteiger partial charge is 0.261 e. The molecule has 1 aliphatic rings. The van der Waals surface area contributed by atoms with Crippen LogP contribution in [0.3, 0.4) is 0 Å². The number of nitrogens with one attached hydrogen (secondary N) is 2. The lowest BCUT2D eigenvalue weighted by atomic mass is 9.86. The first-order valence-electron chi connectivity index (χ1n) is 11.9. The number of carbonyl (C=O) groups is 1. The minimum atomic E-state index is -0.986. The molecule has 1 heterocycles. The molecule has 0 unspecified atom stereocenters. The number of rotatable bonds is 9. The summed E-state index contributed by atoms with van der Waals surface area (Å²) in [4.78, 5) is 13.2. The summed E-state index contributed by atoms with van der Waals surface area (Å²) in [5.74, 6) is -1.79. The van der Waals surface area contributed by atoms with Gasteiger partial charge in [0.05, 0.1) is 21.4 Å². The van der Waals surface area contributed by atoms with E-state index in [2.05, 4.69) is 35.8 Å². The number of amides is 1. The van der Waals surface area contributed by atoms with Crippen LogP contribution in [0.1, 0.15) is 57.7 Å². The average Bonchev–Trinajstić information content (AvgIpc) is 3.27. The molecule has 0 saturated heterocycles. The van der Waals surface area contributed by atoms with Crippen LogP contribution in [0.4, 0.5) is 8.78 Å². The average molecular weight is 519 g/mol. The lowest BCUT2D eigenvalue weighted by Crippen LogP contribution is -2.49. The molecule has 35 heavy (non-hydrogen) atoms. The van der Waals surface area contributed by atoms with Gasteiger partial charge >= 0.3 is 0 Å². The molecule has 0 fully saturated rings. The monoisotopic (exact) mass is 518 g/mol. The van der Waals surface area contributed by atoms with E-state index in [0.717, 1.165) is 43.1 Å². The molecule has 0 saturated carbocycles. The number of fused-ring (bicyclic) bond motifs is 1. The largest absolute Gasteiger partial charge is 0.390 e. The molecule has 0 spiro atoms. The highest BCUT2D eigenvalue weighted by Gasteiger charge is 2.26. The zero-order valence-corrected chi connectivity index (χ0v) is 21.1. The van der Waals surface area contributed by atoms with E-state index in [-0.39, 0.29) is 19.0 Å². The third-order valence-corrected chi connectivity index (χ3v) is 7.69. The number of thiophene rings is 1. The lowest BCUT2D eigenvalue weighted by Gasteiger charge is -2.30. The molecule has 1 amide bonds. The maximum absolute atomic E-state index is 13.8. The van der Waals surface area contributed by atoms with Crippen LogP contribution in [-0.4, -0.2) is 29.7 Å². The SMILES string of the molecule is CCc1ccc2c(c1)[C@@H](NC[C@H](O)[C@H](Cc1cc(F)cc(F)c1)NC(=O)c1ccc(Cl)s1)CCC2. The number of halogens is 3. The molecule has 0 bridgehead atoms. The Kier molecular flexibility index (Phi) is 8.55. The molecule has 1 aliphatic carbocycles. The molecule has 186 valence electrons. The fourth-order valence-electron chi connectivity index (χ4n) is 4.63. The van der Waals surface area contributed by atoms with Gasteiger partial charge in [-0.15, -0.1) is 11.3 Å². The molecule has 3 N–H and O–H groups in total. The minimum absolute atomic E-state index is 0.0730. The van der Waals surface area contributed by atoms with Gasteiger partial charge in [-0.05, 0) is 78.6 Å². The molecule has 1 aromatic heterocycles. The van der Waals surface area contributed by atoms with Crippen LogP contribution in [-0.2, 0) is 19.3 Å². The molecule has 4 nitrogen and oxygen atoms in total. The van der Waals surface area contributed by atoms with Gasteiger partial charge < -0.3 is 15.7 Å². The van der Waals surface area contributed by atoms with Crippen molar-refractivity contribution in [2.75, 3.05) is 6.54 Å². The number of benzene rings is 2. The van der Waals surface area contributed by atoms with Gasteiger partial charge in [0.1, 0.15) is 11.6 Å². The first-order valence-corrected chi connectivity index (χ1v) is 13.1. The van der Waals surface area contributed by atoms with Crippen LogP contribution in [0.5, 0.6) is 0 Å². The fourth-order valence-corrected chi connectivity index (χ4v) is 5.57. The first-order chi connectivity index (χ1) is 16.8. The van der Waals surface area contributed by atoms with Crippen molar-refractivity contribution in [3.8, 4) is 0 Å². The minimum Gasteiger partial charge on any atom is -0.390 e. The second-order valence-corrected chi connectivity index (χ2v) is 10.7. The van der Waals surface area contributed by atoms with E-state index in [1.54, 1.807) is 12.1 Å². The number of aliphatic hydroxyl groups is 1. The van der Waals surface area contributed by atoms with E-state index in [9.17, 15) is 18.7 Å². The Bertz CT molecular complexity index is 1170. The zero-order chi connectivity index (χ0) is 24.9. The summed E-state index contributed by atoms with van der Waals surface area (Å²) < 4.78 is 28.1. The van der Waals surface area contributed by atoms with Crippen molar-refractivity contribution >= 4 is 28.8 Å². The third-order valence-electron chi connectivity index (χ3n) is 6.46. The van der Waals surface area contributed by atoms with Crippen molar-refractivity contribution in [1.29, 1.82) is 0 Å². The highest BCUT2D eigenvalue weighted by atomic mass is 35.5. The first kappa shape index (κ1) is 25.8. The number of aryl methyl sites for hydroxylation is 2. The van der Waals surface area contributed by atoms with E-state index in [4.69, 9.17) is 11.6 Å². The fraction of sp³-hybridized carbons (Fsp3) is 0.370. The second kappa shape index (κ2) is 11.6. The second-order valence-electron chi connectivity index (χ2n) is 8.97. The van der Waals surface area contributed by atoms with Crippen LogP contribution in [0, 0.1) is 11.6 Å². The summed E-state index contributed by atoms with van der Waals surface area (Å²) in [6, 6.07) is 12.4. The van der Waals surface area contributed by atoms with Crippen LogP contribution < -0.4 is 10.6 Å². The Morgan fingerprint density at radius 1 is 1.14 bits per heavy atom.